The molecule has 0 spiro atoms. The third kappa shape index (κ3) is 2.93. The molecule has 80 valence electrons. The Labute approximate surface area is 90.1 Å². The van der Waals surface area contributed by atoms with Crippen molar-refractivity contribution in [1.29, 1.82) is 5.26 Å². The zero-order valence-corrected chi connectivity index (χ0v) is 9.33. The van der Waals surface area contributed by atoms with E-state index in [0.29, 0.717) is 17.9 Å². The molecule has 0 aromatic carbocycles. The Morgan fingerprint density at radius 3 is 2.80 bits per heavy atom. The second kappa shape index (κ2) is 4.76. The van der Waals surface area contributed by atoms with E-state index in [9.17, 15) is 0 Å². The summed E-state index contributed by atoms with van der Waals surface area (Å²) in [5.74, 6) is 0.632. The van der Waals surface area contributed by atoms with Gasteiger partial charge in [0.15, 0.2) is 0 Å². The number of rotatable bonds is 3. The van der Waals surface area contributed by atoms with Crippen molar-refractivity contribution < 1.29 is 0 Å². The highest BCUT2D eigenvalue weighted by molar-refractivity contribution is 5.56. The molecule has 0 saturated carbocycles. The summed E-state index contributed by atoms with van der Waals surface area (Å²) in [6, 6.07) is 4.09. The fourth-order valence-electron chi connectivity index (χ4n) is 1.36. The smallest absolute Gasteiger partial charge is 0.144 e. The molecule has 1 aromatic heterocycles. The molecule has 1 atom stereocenters. The van der Waals surface area contributed by atoms with Gasteiger partial charge in [-0.2, -0.15) is 5.26 Å². The molecule has 4 heteroatoms. The second-order valence-corrected chi connectivity index (χ2v) is 3.77. The van der Waals surface area contributed by atoms with E-state index in [0.717, 1.165) is 11.3 Å². The first-order valence-electron chi connectivity index (χ1n) is 4.92. The number of nitrogens with zero attached hydrogens (tertiary/aromatic N) is 2. The molecule has 1 rings (SSSR count). The largest absolute Gasteiger partial charge is 0.367 e. The lowest BCUT2D eigenvalue weighted by Crippen LogP contribution is -2.26. The number of aryl methyl sites for hydroxylation is 2. The topological polar surface area (TPSA) is 74.7 Å². The van der Waals surface area contributed by atoms with Crippen molar-refractivity contribution in [1.82, 2.24) is 4.98 Å². The van der Waals surface area contributed by atoms with Gasteiger partial charge in [-0.1, -0.05) is 0 Å². The molecule has 0 bridgehead atoms. The predicted molar refractivity (Wildman–Crippen MR) is 60.6 cm³/mol. The van der Waals surface area contributed by atoms with Crippen LogP contribution in [-0.4, -0.2) is 17.6 Å². The van der Waals surface area contributed by atoms with Gasteiger partial charge < -0.3 is 11.1 Å². The molecule has 1 aromatic rings. The molecule has 0 fully saturated rings. The molecule has 3 N–H and O–H groups in total. The summed E-state index contributed by atoms with van der Waals surface area (Å²) in [7, 11) is 0. The van der Waals surface area contributed by atoms with Gasteiger partial charge in [0.2, 0.25) is 0 Å². The van der Waals surface area contributed by atoms with Crippen molar-refractivity contribution in [3.63, 3.8) is 0 Å². The first kappa shape index (κ1) is 11.5. The lowest BCUT2D eigenvalue weighted by atomic mass is 10.1. The first-order valence-corrected chi connectivity index (χ1v) is 4.92. The van der Waals surface area contributed by atoms with Crippen LogP contribution in [0.2, 0.25) is 0 Å². The van der Waals surface area contributed by atoms with Crippen LogP contribution in [-0.2, 0) is 0 Å². The average Bonchev–Trinajstić information content (AvgIpc) is 2.13. The number of pyridine rings is 1. The van der Waals surface area contributed by atoms with Crippen LogP contribution in [0.1, 0.15) is 23.7 Å². The quantitative estimate of drug-likeness (QED) is 0.778. The van der Waals surface area contributed by atoms with Crippen LogP contribution in [0.4, 0.5) is 5.82 Å². The maximum absolute atomic E-state index is 8.99. The van der Waals surface area contributed by atoms with Crippen LogP contribution in [0.25, 0.3) is 0 Å². The van der Waals surface area contributed by atoms with Crippen LogP contribution >= 0.6 is 0 Å². The molecule has 1 heterocycles. The molecule has 0 amide bonds. The molecule has 15 heavy (non-hydrogen) atoms. The third-order valence-electron chi connectivity index (χ3n) is 2.05. The van der Waals surface area contributed by atoms with Crippen LogP contribution < -0.4 is 11.1 Å². The van der Waals surface area contributed by atoms with Crippen molar-refractivity contribution in [2.24, 2.45) is 5.73 Å². The van der Waals surface area contributed by atoms with E-state index in [1.165, 1.54) is 0 Å². The molecule has 0 aliphatic carbocycles. The molecule has 0 saturated heterocycles. The highest BCUT2D eigenvalue weighted by Crippen LogP contribution is 2.17. The van der Waals surface area contributed by atoms with Crippen molar-refractivity contribution in [3.8, 4) is 6.07 Å². The van der Waals surface area contributed by atoms with E-state index in [1.807, 2.05) is 26.8 Å². The third-order valence-corrected chi connectivity index (χ3v) is 2.05. The maximum Gasteiger partial charge on any atom is 0.144 e. The highest BCUT2D eigenvalue weighted by Gasteiger charge is 2.08. The Kier molecular flexibility index (Phi) is 3.64. The van der Waals surface area contributed by atoms with Crippen molar-refractivity contribution in [2.75, 3.05) is 11.9 Å². The van der Waals surface area contributed by atoms with Crippen molar-refractivity contribution >= 4 is 5.82 Å². The van der Waals surface area contributed by atoms with E-state index in [2.05, 4.69) is 16.4 Å². The standard InChI is InChI=1S/C11H16N4/c1-7-4-9(3)15-11(10(7)5-12)14-6-8(2)13/h4,8H,6,13H2,1-3H3,(H,14,15). The Morgan fingerprint density at radius 2 is 2.27 bits per heavy atom. The van der Waals surface area contributed by atoms with E-state index in [1.54, 1.807) is 0 Å². The Hall–Kier alpha value is -1.60. The minimum absolute atomic E-state index is 0.0409. The fraction of sp³-hybridized carbons (Fsp3) is 0.455. The molecule has 0 aliphatic rings. The zero-order chi connectivity index (χ0) is 11.4. The molecule has 0 aliphatic heterocycles. The number of hydrogen-bond acceptors (Lipinski definition) is 4. The van der Waals surface area contributed by atoms with Crippen LogP contribution in [0.15, 0.2) is 6.07 Å². The minimum Gasteiger partial charge on any atom is -0.367 e. The van der Waals surface area contributed by atoms with Gasteiger partial charge >= 0.3 is 0 Å². The lowest BCUT2D eigenvalue weighted by molar-refractivity contribution is 0.776. The average molecular weight is 204 g/mol. The predicted octanol–water partition coefficient (Wildman–Crippen LogP) is 1.33. The summed E-state index contributed by atoms with van der Waals surface area (Å²) in [6.07, 6.45) is 0. The summed E-state index contributed by atoms with van der Waals surface area (Å²) in [5.41, 5.74) is 8.08. The normalized spacial score (nSPS) is 11.9. The van der Waals surface area contributed by atoms with Crippen LogP contribution in [0.3, 0.4) is 0 Å². The number of anilines is 1. The van der Waals surface area contributed by atoms with Gasteiger partial charge in [-0.3, -0.25) is 0 Å². The fourth-order valence-corrected chi connectivity index (χ4v) is 1.36. The van der Waals surface area contributed by atoms with Gasteiger partial charge in [0, 0.05) is 18.3 Å². The highest BCUT2D eigenvalue weighted by atomic mass is 15.0. The Morgan fingerprint density at radius 1 is 1.60 bits per heavy atom. The van der Waals surface area contributed by atoms with E-state index in [-0.39, 0.29) is 6.04 Å². The molecular formula is C11H16N4. The Bertz CT molecular complexity index is 390. The number of nitrogens with one attached hydrogen (secondary N) is 1. The summed E-state index contributed by atoms with van der Waals surface area (Å²) >= 11 is 0. The zero-order valence-electron chi connectivity index (χ0n) is 9.33. The summed E-state index contributed by atoms with van der Waals surface area (Å²) in [6.45, 7) is 6.34. The van der Waals surface area contributed by atoms with Crippen LogP contribution in [0, 0.1) is 25.2 Å². The maximum atomic E-state index is 8.99. The van der Waals surface area contributed by atoms with Gasteiger partial charge in [0.05, 0.1) is 5.56 Å². The van der Waals surface area contributed by atoms with Crippen molar-refractivity contribution in [3.05, 3.63) is 22.9 Å². The monoisotopic (exact) mass is 204 g/mol. The number of nitriles is 1. The van der Waals surface area contributed by atoms with Gasteiger partial charge in [-0.05, 0) is 32.4 Å². The van der Waals surface area contributed by atoms with Gasteiger partial charge in [-0.15, -0.1) is 0 Å². The van der Waals surface area contributed by atoms with Gasteiger partial charge in [0.1, 0.15) is 11.9 Å². The van der Waals surface area contributed by atoms with Gasteiger partial charge in [-0.25, -0.2) is 4.98 Å². The lowest BCUT2D eigenvalue weighted by Gasteiger charge is -2.11. The first-order chi connectivity index (χ1) is 7.04. The number of hydrogen-bond donors (Lipinski definition) is 2. The van der Waals surface area contributed by atoms with E-state index >= 15 is 0 Å². The molecule has 1 unspecified atom stereocenters. The van der Waals surface area contributed by atoms with Crippen LogP contribution in [0.5, 0.6) is 0 Å². The second-order valence-electron chi connectivity index (χ2n) is 3.77. The molecule has 0 radical (unpaired) electrons. The summed E-state index contributed by atoms with van der Waals surface area (Å²) in [4.78, 5) is 4.29. The number of aromatic nitrogens is 1. The van der Waals surface area contributed by atoms with E-state index in [4.69, 9.17) is 11.0 Å². The minimum atomic E-state index is 0.0409. The van der Waals surface area contributed by atoms with Crippen molar-refractivity contribution in [2.45, 2.75) is 26.8 Å². The summed E-state index contributed by atoms with van der Waals surface area (Å²) < 4.78 is 0. The molecular weight excluding hydrogens is 188 g/mol. The van der Waals surface area contributed by atoms with Gasteiger partial charge in [0.25, 0.3) is 0 Å². The molecule has 4 nitrogen and oxygen atoms in total. The SMILES string of the molecule is Cc1cc(C)c(C#N)c(NCC(C)N)n1. The summed E-state index contributed by atoms with van der Waals surface area (Å²) in [5, 5.41) is 12.1. The number of nitrogens with two attached hydrogens (primary N) is 1. The van der Waals surface area contributed by atoms with E-state index < -0.39 is 0 Å². The Balaban J connectivity index is 3.00.